The van der Waals surface area contributed by atoms with Gasteiger partial charge in [0, 0.05) is 33.0 Å². The molecule has 0 aliphatic heterocycles. The van der Waals surface area contributed by atoms with Crippen LogP contribution in [0.3, 0.4) is 0 Å². The highest BCUT2D eigenvalue weighted by Crippen LogP contribution is 2.42. The molecule has 2 aromatic heterocycles. The van der Waals surface area contributed by atoms with Gasteiger partial charge in [-0.1, -0.05) is 194 Å². The molecule has 0 aliphatic rings. The van der Waals surface area contributed by atoms with Crippen LogP contribution in [0.2, 0.25) is 0 Å². The van der Waals surface area contributed by atoms with Crippen molar-refractivity contribution in [3.05, 3.63) is 224 Å². The monoisotopic (exact) mass is 779 g/mol. The molecule has 5 heteroatoms. The molecule has 0 radical (unpaired) electrons. The van der Waals surface area contributed by atoms with Gasteiger partial charge in [-0.2, -0.15) is 5.10 Å². The SMILES string of the molecule is c1ccc(-c2cccc(-c3nc(-c4ccccc4)nc(-c4cccc(-c5ccc(-c6cc7ccccc7c7c6c(-c6ccccc6)nn7-c6ccccc6)cc5)c4)n3)c2)cc1. The smallest absolute Gasteiger partial charge is 0.164 e. The van der Waals surface area contributed by atoms with Crippen molar-refractivity contribution in [2.75, 3.05) is 0 Å². The van der Waals surface area contributed by atoms with E-state index < -0.39 is 0 Å². The van der Waals surface area contributed by atoms with E-state index in [1.54, 1.807) is 0 Å². The lowest BCUT2D eigenvalue weighted by atomic mass is 9.92. The average Bonchev–Trinajstić information content (AvgIpc) is 3.76. The number of hydrogen-bond donors (Lipinski definition) is 0. The zero-order valence-corrected chi connectivity index (χ0v) is 33.1. The first-order valence-electron chi connectivity index (χ1n) is 20.5. The highest BCUT2D eigenvalue weighted by Gasteiger charge is 2.21. The number of nitrogens with zero attached hydrogens (tertiary/aromatic N) is 5. The number of aromatic nitrogens is 5. The third kappa shape index (κ3) is 6.84. The van der Waals surface area contributed by atoms with Gasteiger partial charge in [0.1, 0.15) is 5.69 Å². The van der Waals surface area contributed by atoms with Crippen LogP contribution in [0.25, 0.3) is 106 Å². The van der Waals surface area contributed by atoms with Gasteiger partial charge in [-0.15, -0.1) is 0 Å². The Kier molecular flexibility index (Phi) is 9.10. The van der Waals surface area contributed by atoms with Crippen molar-refractivity contribution < 1.29 is 0 Å². The molecule has 5 nitrogen and oxygen atoms in total. The number of para-hydroxylation sites is 1. The van der Waals surface area contributed by atoms with Gasteiger partial charge < -0.3 is 0 Å². The topological polar surface area (TPSA) is 56.5 Å². The Morgan fingerprint density at radius 2 is 0.754 bits per heavy atom. The van der Waals surface area contributed by atoms with E-state index in [1.165, 1.54) is 0 Å². The Hall–Kier alpha value is -8.28. The van der Waals surface area contributed by atoms with Gasteiger partial charge in [0.05, 0.1) is 11.2 Å². The fraction of sp³-hybridized carbons (Fsp3) is 0. The molecule has 11 aromatic rings. The molecule has 0 bridgehead atoms. The number of fused-ring (bicyclic) bond motifs is 3. The van der Waals surface area contributed by atoms with Gasteiger partial charge in [-0.3, -0.25) is 0 Å². The second-order valence-electron chi connectivity index (χ2n) is 15.1. The zero-order valence-electron chi connectivity index (χ0n) is 33.1. The second-order valence-corrected chi connectivity index (χ2v) is 15.1. The second kappa shape index (κ2) is 15.5. The van der Waals surface area contributed by atoms with Gasteiger partial charge in [0.2, 0.25) is 0 Å². The van der Waals surface area contributed by atoms with Crippen molar-refractivity contribution >= 4 is 21.7 Å². The molecule has 0 unspecified atom stereocenters. The first-order valence-corrected chi connectivity index (χ1v) is 20.5. The molecule has 0 amide bonds. The maximum atomic E-state index is 5.34. The number of benzene rings is 9. The van der Waals surface area contributed by atoms with Gasteiger partial charge in [-0.25, -0.2) is 19.6 Å². The molecule has 2 heterocycles. The van der Waals surface area contributed by atoms with E-state index in [-0.39, 0.29) is 0 Å². The fourth-order valence-corrected chi connectivity index (χ4v) is 8.27. The normalized spacial score (nSPS) is 11.3. The highest BCUT2D eigenvalue weighted by atomic mass is 15.3. The fourth-order valence-electron chi connectivity index (χ4n) is 8.27. The Bertz CT molecular complexity index is 3330. The zero-order chi connectivity index (χ0) is 40.5. The highest BCUT2D eigenvalue weighted by molar-refractivity contribution is 6.17. The van der Waals surface area contributed by atoms with Crippen molar-refractivity contribution in [2.24, 2.45) is 0 Å². The van der Waals surface area contributed by atoms with Crippen LogP contribution in [0.5, 0.6) is 0 Å². The van der Waals surface area contributed by atoms with Crippen molar-refractivity contribution in [3.63, 3.8) is 0 Å². The minimum Gasteiger partial charge on any atom is -0.232 e. The van der Waals surface area contributed by atoms with E-state index in [9.17, 15) is 0 Å². The van der Waals surface area contributed by atoms with E-state index in [2.05, 4.69) is 187 Å². The summed E-state index contributed by atoms with van der Waals surface area (Å²) in [6.45, 7) is 0. The van der Waals surface area contributed by atoms with Crippen LogP contribution in [-0.2, 0) is 0 Å². The minimum absolute atomic E-state index is 0.620. The Balaban J connectivity index is 1.01. The van der Waals surface area contributed by atoms with Gasteiger partial charge in [-0.05, 0) is 69.1 Å². The van der Waals surface area contributed by atoms with Crippen LogP contribution in [-0.4, -0.2) is 24.7 Å². The minimum atomic E-state index is 0.620. The van der Waals surface area contributed by atoms with Gasteiger partial charge in [0.15, 0.2) is 17.5 Å². The van der Waals surface area contributed by atoms with Gasteiger partial charge in [0.25, 0.3) is 0 Å². The van der Waals surface area contributed by atoms with E-state index in [4.69, 9.17) is 20.1 Å². The van der Waals surface area contributed by atoms with E-state index in [0.717, 1.165) is 88.7 Å². The van der Waals surface area contributed by atoms with Crippen molar-refractivity contribution in [1.29, 1.82) is 0 Å². The predicted molar refractivity (Wildman–Crippen MR) is 250 cm³/mol. The van der Waals surface area contributed by atoms with E-state index >= 15 is 0 Å². The third-order valence-corrected chi connectivity index (χ3v) is 11.3. The first kappa shape index (κ1) is 35.8. The quantitative estimate of drug-likeness (QED) is 0.154. The molecular formula is C56H37N5. The molecule has 11 rings (SSSR count). The summed E-state index contributed by atoms with van der Waals surface area (Å²) in [4.78, 5) is 15.2. The Labute approximate surface area is 354 Å². The van der Waals surface area contributed by atoms with Crippen molar-refractivity contribution in [1.82, 2.24) is 24.7 Å². The van der Waals surface area contributed by atoms with Crippen molar-refractivity contribution in [3.8, 4) is 84.5 Å². The van der Waals surface area contributed by atoms with Crippen LogP contribution in [0.4, 0.5) is 0 Å². The lowest BCUT2D eigenvalue weighted by molar-refractivity contribution is 0.918. The van der Waals surface area contributed by atoms with E-state index in [0.29, 0.717) is 17.5 Å². The average molecular weight is 780 g/mol. The Morgan fingerprint density at radius 3 is 1.36 bits per heavy atom. The molecule has 61 heavy (non-hydrogen) atoms. The molecular weight excluding hydrogens is 743 g/mol. The summed E-state index contributed by atoms with van der Waals surface area (Å²) in [5.74, 6) is 1.88. The van der Waals surface area contributed by atoms with Crippen LogP contribution in [0.1, 0.15) is 0 Å². The maximum absolute atomic E-state index is 5.34. The van der Waals surface area contributed by atoms with Crippen LogP contribution >= 0.6 is 0 Å². The van der Waals surface area contributed by atoms with Crippen LogP contribution in [0.15, 0.2) is 224 Å². The third-order valence-electron chi connectivity index (χ3n) is 11.3. The maximum Gasteiger partial charge on any atom is 0.164 e. The molecule has 0 N–H and O–H groups in total. The summed E-state index contributed by atoms with van der Waals surface area (Å²) in [6.07, 6.45) is 0. The largest absolute Gasteiger partial charge is 0.232 e. The molecule has 9 aromatic carbocycles. The van der Waals surface area contributed by atoms with E-state index in [1.807, 2.05) is 42.5 Å². The molecule has 0 aliphatic carbocycles. The summed E-state index contributed by atoms with van der Waals surface area (Å²) in [5, 5.41) is 8.79. The molecule has 0 saturated carbocycles. The first-order chi connectivity index (χ1) is 30.2. The Morgan fingerprint density at radius 1 is 0.311 bits per heavy atom. The summed E-state index contributed by atoms with van der Waals surface area (Å²) < 4.78 is 2.11. The molecule has 0 fully saturated rings. The van der Waals surface area contributed by atoms with Gasteiger partial charge >= 0.3 is 0 Å². The lowest BCUT2D eigenvalue weighted by Gasteiger charge is -2.12. The number of rotatable bonds is 8. The standard InChI is InChI=1S/C56H37N5/c1-5-17-38(18-6-1)43-24-15-26-46(35-43)55-57-54(42-21-9-3-10-22-42)58-56(59-55)47-27-16-25-44(36-47)39-31-33-40(34-32-39)50-37-45-23-13-14-30-49(45)53-51(50)52(41-19-7-2-8-20-41)60-61(53)48-28-11-4-12-29-48/h1-37H. The van der Waals surface area contributed by atoms with Crippen LogP contribution in [0, 0.1) is 0 Å². The molecule has 0 saturated heterocycles. The molecule has 286 valence electrons. The lowest BCUT2D eigenvalue weighted by Crippen LogP contribution is -2.00. The predicted octanol–water partition coefficient (Wildman–Crippen LogP) is 14.0. The van der Waals surface area contributed by atoms with Crippen molar-refractivity contribution in [2.45, 2.75) is 0 Å². The summed E-state index contributed by atoms with van der Waals surface area (Å²) >= 11 is 0. The molecule has 0 atom stereocenters. The summed E-state index contributed by atoms with van der Waals surface area (Å²) in [7, 11) is 0. The summed E-state index contributed by atoms with van der Waals surface area (Å²) in [5.41, 5.74) is 13.6. The number of hydrogen-bond acceptors (Lipinski definition) is 4. The molecule has 0 spiro atoms. The van der Waals surface area contributed by atoms with Crippen LogP contribution < -0.4 is 0 Å². The summed E-state index contributed by atoms with van der Waals surface area (Å²) in [6, 6.07) is 78.1.